The molecule has 1 saturated heterocycles. The Kier molecular flexibility index (Phi) is 3.40. The summed E-state index contributed by atoms with van der Waals surface area (Å²) in [6.45, 7) is 2.23. The molecule has 0 radical (unpaired) electrons. The Balaban J connectivity index is 2.06. The van der Waals surface area contributed by atoms with Crippen LogP contribution in [0.4, 0.5) is 0 Å². The molecule has 0 saturated carbocycles. The van der Waals surface area contributed by atoms with Crippen LogP contribution in [-0.2, 0) is 11.3 Å². The Morgan fingerprint density at radius 2 is 2.38 bits per heavy atom. The lowest BCUT2D eigenvalue weighted by Gasteiger charge is -2.27. The van der Waals surface area contributed by atoms with E-state index in [0.717, 1.165) is 24.5 Å². The molecule has 1 heterocycles. The summed E-state index contributed by atoms with van der Waals surface area (Å²) in [5.41, 5.74) is 1.66. The van der Waals surface area contributed by atoms with Gasteiger partial charge in [-0.25, -0.2) is 0 Å². The predicted octanol–water partition coefficient (Wildman–Crippen LogP) is 1.06. The van der Waals surface area contributed by atoms with E-state index in [9.17, 15) is 0 Å². The largest absolute Gasteiger partial charge is 0.496 e. The zero-order chi connectivity index (χ0) is 11.4. The Morgan fingerprint density at radius 3 is 2.94 bits per heavy atom. The summed E-state index contributed by atoms with van der Waals surface area (Å²) >= 11 is 0. The van der Waals surface area contributed by atoms with Crippen LogP contribution in [0.2, 0.25) is 0 Å². The van der Waals surface area contributed by atoms with E-state index < -0.39 is 0 Å². The summed E-state index contributed by atoms with van der Waals surface area (Å²) < 4.78 is 10.3. The fraction of sp³-hybridized carbons (Fsp3) is 0.417. The molecule has 2 rings (SSSR count). The standard InChI is InChI=1S/C12H14N2O2/c1-15-12-3-2-9(5-13)4-10(12)6-14-11-7-16-8-11/h2-4,11,14H,6-8H2,1H3. The maximum Gasteiger partial charge on any atom is 0.123 e. The van der Waals surface area contributed by atoms with Gasteiger partial charge in [0, 0.05) is 12.1 Å². The first-order valence-corrected chi connectivity index (χ1v) is 5.21. The number of hydrogen-bond acceptors (Lipinski definition) is 4. The third-order valence-electron chi connectivity index (χ3n) is 2.63. The SMILES string of the molecule is COc1ccc(C#N)cc1CNC1COC1. The number of nitrogens with one attached hydrogen (secondary N) is 1. The minimum Gasteiger partial charge on any atom is -0.496 e. The number of methoxy groups -OCH3 is 1. The van der Waals surface area contributed by atoms with Crippen LogP contribution in [0.25, 0.3) is 0 Å². The molecule has 84 valence electrons. The summed E-state index contributed by atoms with van der Waals surface area (Å²) in [5.74, 6) is 0.812. The second-order valence-corrected chi connectivity index (χ2v) is 3.75. The maximum absolute atomic E-state index is 8.83. The van der Waals surface area contributed by atoms with Crippen LogP contribution in [0, 0.1) is 11.3 Å². The molecule has 0 atom stereocenters. The smallest absolute Gasteiger partial charge is 0.123 e. The highest BCUT2D eigenvalue weighted by Gasteiger charge is 2.17. The molecule has 4 heteroatoms. The zero-order valence-electron chi connectivity index (χ0n) is 9.19. The van der Waals surface area contributed by atoms with Crippen LogP contribution in [0.3, 0.4) is 0 Å². The van der Waals surface area contributed by atoms with E-state index in [1.807, 2.05) is 12.1 Å². The van der Waals surface area contributed by atoms with Gasteiger partial charge in [-0.1, -0.05) is 0 Å². The summed E-state index contributed by atoms with van der Waals surface area (Å²) in [6.07, 6.45) is 0. The first kappa shape index (κ1) is 10.9. The normalized spacial score (nSPS) is 15.2. The van der Waals surface area contributed by atoms with E-state index in [4.69, 9.17) is 14.7 Å². The van der Waals surface area contributed by atoms with Crippen molar-refractivity contribution in [2.24, 2.45) is 0 Å². The minimum absolute atomic E-state index is 0.426. The third-order valence-corrected chi connectivity index (χ3v) is 2.63. The average molecular weight is 218 g/mol. The van der Waals surface area contributed by atoms with Gasteiger partial charge in [-0.15, -0.1) is 0 Å². The fourth-order valence-electron chi connectivity index (χ4n) is 1.59. The minimum atomic E-state index is 0.426. The molecule has 0 aliphatic carbocycles. The van der Waals surface area contributed by atoms with E-state index in [1.165, 1.54) is 0 Å². The lowest BCUT2D eigenvalue weighted by molar-refractivity contribution is -0.00584. The van der Waals surface area contributed by atoms with Gasteiger partial charge in [-0.2, -0.15) is 5.26 Å². The van der Waals surface area contributed by atoms with Gasteiger partial charge in [0.15, 0.2) is 0 Å². The van der Waals surface area contributed by atoms with Crippen molar-refractivity contribution in [1.82, 2.24) is 5.32 Å². The van der Waals surface area contributed by atoms with Crippen molar-refractivity contribution >= 4 is 0 Å². The van der Waals surface area contributed by atoms with Crippen molar-refractivity contribution in [3.05, 3.63) is 29.3 Å². The molecule has 0 unspecified atom stereocenters. The molecule has 1 fully saturated rings. The van der Waals surface area contributed by atoms with Crippen LogP contribution < -0.4 is 10.1 Å². The van der Waals surface area contributed by atoms with Crippen molar-refractivity contribution in [2.45, 2.75) is 12.6 Å². The van der Waals surface area contributed by atoms with Gasteiger partial charge < -0.3 is 14.8 Å². The number of benzene rings is 1. The average Bonchev–Trinajstić information content (AvgIpc) is 2.26. The number of rotatable bonds is 4. The summed E-state index contributed by atoms with van der Waals surface area (Å²) in [6, 6.07) is 7.99. The first-order valence-electron chi connectivity index (χ1n) is 5.21. The lowest BCUT2D eigenvalue weighted by Crippen LogP contribution is -2.45. The molecule has 0 bridgehead atoms. The summed E-state index contributed by atoms with van der Waals surface area (Å²) in [7, 11) is 1.64. The van der Waals surface area contributed by atoms with Crippen LogP contribution in [0.1, 0.15) is 11.1 Å². The second-order valence-electron chi connectivity index (χ2n) is 3.75. The van der Waals surface area contributed by atoms with E-state index in [2.05, 4.69) is 11.4 Å². The van der Waals surface area contributed by atoms with Crippen molar-refractivity contribution in [3.8, 4) is 11.8 Å². The highest BCUT2D eigenvalue weighted by molar-refractivity contribution is 5.42. The molecule has 1 N–H and O–H groups in total. The fourth-order valence-corrected chi connectivity index (χ4v) is 1.59. The molecule has 1 aromatic carbocycles. The predicted molar refractivity (Wildman–Crippen MR) is 59.2 cm³/mol. The molecule has 0 aromatic heterocycles. The topological polar surface area (TPSA) is 54.3 Å². The Morgan fingerprint density at radius 1 is 1.56 bits per heavy atom. The lowest BCUT2D eigenvalue weighted by atomic mass is 10.1. The van der Waals surface area contributed by atoms with Crippen LogP contribution in [-0.4, -0.2) is 26.4 Å². The van der Waals surface area contributed by atoms with Crippen molar-refractivity contribution < 1.29 is 9.47 Å². The van der Waals surface area contributed by atoms with Gasteiger partial charge >= 0.3 is 0 Å². The second kappa shape index (κ2) is 4.97. The van der Waals surface area contributed by atoms with Gasteiger partial charge in [0.05, 0.1) is 38.0 Å². The molecule has 1 aromatic rings. The summed E-state index contributed by atoms with van der Waals surface area (Å²) in [5, 5.41) is 12.2. The van der Waals surface area contributed by atoms with Crippen LogP contribution in [0.15, 0.2) is 18.2 Å². The van der Waals surface area contributed by atoms with Crippen LogP contribution >= 0.6 is 0 Å². The van der Waals surface area contributed by atoms with Gasteiger partial charge in [0.2, 0.25) is 0 Å². The number of hydrogen-bond donors (Lipinski definition) is 1. The van der Waals surface area contributed by atoms with Crippen molar-refractivity contribution in [2.75, 3.05) is 20.3 Å². The van der Waals surface area contributed by atoms with Gasteiger partial charge in [0.25, 0.3) is 0 Å². The van der Waals surface area contributed by atoms with E-state index in [1.54, 1.807) is 13.2 Å². The Bertz CT molecular complexity index is 408. The van der Waals surface area contributed by atoms with E-state index in [-0.39, 0.29) is 0 Å². The molecule has 1 aliphatic rings. The molecular formula is C12H14N2O2. The molecule has 16 heavy (non-hydrogen) atoms. The van der Waals surface area contributed by atoms with Crippen molar-refractivity contribution in [3.63, 3.8) is 0 Å². The zero-order valence-corrected chi connectivity index (χ0v) is 9.19. The number of ether oxygens (including phenoxy) is 2. The van der Waals surface area contributed by atoms with E-state index >= 15 is 0 Å². The summed E-state index contributed by atoms with van der Waals surface area (Å²) in [4.78, 5) is 0. The Labute approximate surface area is 94.8 Å². The molecule has 4 nitrogen and oxygen atoms in total. The third kappa shape index (κ3) is 2.32. The monoisotopic (exact) mass is 218 g/mol. The van der Waals surface area contributed by atoms with E-state index in [0.29, 0.717) is 18.2 Å². The molecule has 0 amide bonds. The molecular weight excluding hydrogens is 204 g/mol. The highest BCUT2D eigenvalue weighted by Crippen LogP contribution is 2.19. The van der Waals surface area contributed by atoms with Crippen molar-refractivity contribution in [1.29, 1.82) is 5.26 Å². The highest BCUT2D eigenvalue weighted by atomic mass is 16.5. The molecule has 0 spiro atoms. The van der Waals surface area contributed by atoms with Gasteiger partial charge in [-0.05, 0) is 18.2 Å². The quantitative estimate of drug-likeness (QED) is 0.821. The van der Waals surface area contributed by atoms with Gasteiger partial charge in [-0.3, -0.25) is 0 Å². The van der Waals surface area contributed by atoms with Gasteiger partial charge in [0.1, 0.15) is 5.75 Å². The Hall–Kier alpha value is -1.57. The first-order chi connectivity index (χ1) is 7.83. The number of nitriles is 1. The molecule has 1 aliphatic heterocycles. The maximum atomic E-state index is 8.83. The van der Waals surface area contributed by atoms with Crippen LogP contribution in [0.5, 0.6) is 5.75 Å². The number of nitrogens with zero attached hydrogens (tertiary/aromatic N) is 1.